The number of thiophene rings is 2. The second-order valence-corrected chi connectivity index (χ2v) is 14.3. The van der Waals surface area contributed by atoms with Crippen LogP contribution in [0.25, 0.3) is 19.6 Å². The maximum atomic E-state index is 4.70. The minimum absolute atomic E-state index is 1.20. The summed E-state index contributed by atoms with van der Waals surface area (Å²) >= 11 is 5.72. The van der Waals surface area contributed by atoms with Gasteiger partial charge >= 0.3 is 0 Å². The monoisotopic (exact) mass is 585 g/mol. The van der Waals surface area contributed by atoms with E-state index in [1.165, 1.54) is 166 Å². The number of hydrogen-bond donors (Lipinski definition) is 0. The number of aryl methyl sites for hydroxylation is 2. The number of aromatic nitrogens is 1. The fourth-order valence-electron chi connectivity index (χ4n) is 5.60. The lowest BCUT2D eigenvalue weighted by atomic mass is 10.0. The third kappa shape index (κ3) is 12.6. The topological polar surface area (TPSA) is 12.9 Å². The summed E-state index contributed by atoms with van der Waals surface area (Å²) in [5, 5.41) is 5.65. The molecule has 4 heteroatoms. The van der Waals surface area contributed by atoms with Crippen LogP contribution < -0.4 is 0 Å². The molecule has 0 radical (unpaired) electrons. The lowest BCUT2D eigenvalue weighted by Crippen LogP contribution is -1.88. The largest absolute Gasteiger partial charge is 0.244 e. The zero-order valence-electron chi connectivity index (χ0n) is 25.1. The lowest BCUT2D eigenvalue weighted by Gasteiger charge is -2.04. The van der Waals surface area contributed by atoms with Gasteiger partial charge in [0.15, 0.2) is 0 Å². The van der Waals surface area contributed by atoms with Gasteiger partial charge in [-0.1, -0.05) is 129 Å². The van der Waals surface area contributed by atoms with Crippen molar-refractivity contribution in [3.63, 3.8) is 0 Å². The first kappa shape index (κ1) is 32.5. The molecule has 0 saturated heterocycles. The second kappa shape index (κ2) is 20.8. The van der Waals surface area contributed by atoms with Gasteiger partial charge in [0.25, 0.3) is 0 Å². The fraction of sp³-hybridized carbons (Fsp3) is 0.686. The molecule has 0 aliphatic heterocycles. The molecule has 0 unspecified atom stereocenters. The Balaban J connectivity index is 1.43. The molecule has 1 nitrogen and oxygen atoms in total. The van der Waals surface area contributed by atoms with Crippen LogP contribution in [0.5, 0.6) is 0 Å². The van der Waals surface area contributed by atoms with E-state index in [0.717, 1.165) is 0 Å². The average molecular weight is 586 g/mol. The van der Waals surface area contributed by atoms with Crippen LogP contribution in [0.3, 0.4) is 0 Å². The van der Waals surface area contributed by atoms with Gasteiger partial charge in [-0.25, -0.2) is 4.98 Å². The Morgan fingerprint density at radius 3 is 1.56 bits per heavy atom. The molecular weight excluding hydrogens is 531 g/mol. The molecule has 0 spiro atoms. The van der Waals surface area contributed by atoms with Gasteiger partial charge in [0, 0.05) is 21.3 Å². The second-order valence-electron chi connectivity index (χ2n) is 11.4. The molecule has 3 aromatic rings. The molecule has 39 heavy (non-hydrogen) atoms. The Morgan fingerprint density at radius 1 is 0.538 bits per heavy atom. The summed E-state index contributed by atoms with van der Waals surface area (Å²) in [4.78, 5) is 9.12. The number of hydrogen-bond acceptors (Lipinski definition) is 4. The summed E-state index contributed by atoms with van der Waals surface area (Å²) in [5.74, 6) is 0. The quantitative estimate of drug-likeness (QED) is 0.0953. The highest BCUT2D eigenvalue weighted by Gasteiger charge is 2.17. The molecule has 218 valence electrons. The van der Waals surface area contributed by atoms with Crippen molar-refractivity contribution in [2.75, 3.05) is 0 Å². The van der Waals surface area contributed by atoms with Gasteiger partial charge in [-0.05, 0) is 54.3 Å². The van der Waals surface area contributed by atoms with Crippen molar-refractivity contribution in [1.29, 1.82) is 0 Å². The van der Waals surface area contributed by atoms with Gasteiger partial charge in [0.1, 0.15) is 5.01 Å². The van der Waals surface area contributed by atoms with Crippen molar-refractivity contribution in [1.82, 2.24) is 4.98 Å². The van der Waals surface area contributed by atoms with Crippen molar-refractivity contribution in [2.24, 2.45) is 0 Å². The van der Waals surface area contributed by atoms with E-state index in [4.69, 9.17) is 4.98 Å². The van der Waals surface area contributed by atoms with Crippen LogP contribution in [-0.2, 0) is 12.8 Å². The Hall–Kier alpha value is -0.970. The predicted molar refractivity (Wildman–Crippen MR) is 180 cm³/mol. The molecule has 0 atom stereocenters. The van der Waals surface area contributed by atoms with Crippen LogP contribution >= 0.6 is 34.0 Å². The van der Waals surface area contributed by atoms with E-state index < -0.39 is 0 Å². The standard InChI is InChI=1S/C35H55NS3/c1-3-5-7-9-11-13-15-17-19-21-23-30-25-27-37-33(30)32-29-31(34(39-32)35-36-26-28-38-35)24-22-20-18-16-14-12-10-8-6-4-2/h25-29H,3-24H2,1-2H3. The van der Waals surface area contributed by atoms with Gasteiger partial charge in [-0.2, -0.15) is 0 Å². The summed E-state index contributed by atoms with van der Waals surface area (Å²) < 4.78 is 0. The molecule has 3 rings (SSSR count). The van der Waals surface area contributed by atoms with Crippen molar-refractivity contribution in [3.05, 3.63) is 40.2 Å². The molecule has 3 heterocycles. The molecule has 0 saturated carbocycles. The van der Waals surface area contributed by atoms with Crippen molar-refractivity contribution < 1.29 is 0 Å². The highest BCUT2D eigenvalue weighted by molar-refractivity contribution is 7.25. The van der Waals surface area contributed by atoms with Crippen LogP contribution in [0.4, 0.5) is 0 Å². The first-order valence-corrected chi connectivity index (χ1v) is 19.0. The minimum atomic E-state index is 1.20. The van der Waals surface area contributed by atoms with Gasteiger partial charge in [-0.15, -0.1) is 34.0 Å². The summed E-state index contributed by atoms with van der Waals surface area (Å²) in [5.41, 5.74) is 3.10. The first-order valence-electron chi connectivity index (χ1n) is 16.4. The minimum Gasteiger partial charge on any atom is -0.244 e. The number of rotatable bonds is 24. The summed E-state index contributed by atoms with van der Waals surface area (Å²) in [6.07, 6.45) is 32.4. The molecular formula is C35H55NS3. The third-order valence-corrected chi connectivity index (χ3v) is 11.2. The maximum Gasteiger partial charge on any atom is 0.133 e. The average Bonchev–Trinajstić information content (AvgIpc) is 3.72. The Kier molecular flexibility index (Phi) is 17.4. The van der Waals surface area contributed by atoms with Crippen LogP contribution in [0, 0.1) is 0 Å². The smallest absolute Gasteiger partial charge is 0.133 e. The predicted octanol–water partition coefficient (Wildman–Crippen LogP) is 13.5. The Bertz CT molecular complexity index is 968. The van der Waals surface area contributed by atoms with Gasteiger partial charge in [0.2, 0.25) is 0 Å². The van der Waals surface area contributed by atoms with Gasteiger partial charge in [-0.3, -0.25) is 0 Å². The normalized spacial score (nSPS) is 11.5. The zero-order chi connectivity index (χ0) is 27.4. The number of thiazole rings is 1. The summed E-state index contributed by atoms with van der Waals surface area (Å²) in [6, 6.07) is 4.90. The van der Waals surface area contributed by atoms with E-state index in [-0.39, 0.29) is 0 Å². The van der Waals surface area contributed by atoms with Gasteiger partial charge < -0.3 is 0 Å². The van der Waals surface area contributed by atoms with Crippen molar-refractivity contribution in [3.8, 4) is 19.6 Å². The van der Waals surface area contributed by atoms with Gasteiger partial charge in [0.05, 0.1) is 4.88 Å². The molecule has 0 N–H and O–H groups in total. The number of unbranched alkanes of at least 4 members (excludes halogenated alkanes) is 18. The van der Waals surface area contributed by atoms with E-state index in [1.807, 2.05) is 28.9 Å². The molecule has 0 fully saturated rings. The van der Waals surface area contributed by atoms with E-state index in [0.29, 0.717) is 0 Å². The van der Waals surface area contributed by atoms with Crippen LogP contribution in [-0.4, -0.2) is 4.98 Å². The Labute approximate surface area is 252 Å². The van der Waals surface area contributed by atoms with E-state index in [9.17, 15) is 0 Å². The summed E-state index contributed by atoms with van der Waals surface area (Å²) in [6.45, 7) is 4.60. The third-order valence-electron chi connectivity index (χ3n) is 8.01. The molecule has 0 aliphatic rings. The molecule has 0 aliphatic carbocycles. The fourth-order valence-corrected chi connectivity index (χ4v) is 8.69. The highest BCUT2D eigenvalue weighted by Crippen LogP contribution is 2.43. The molecule has 0 aromatic carbocycles. The Morgan fingerprint density at radius 2 is 1.05 bits per heavy atom. The van der Waals surface area contributed by atoms with Crippen LogP contribution in [0.15, 0.2) is 29.1 Å². The molecule has 0 amide bonds. The van der Waals surface area contributed by atoms with E-state index >= 15 is 0 Å². The highest BCUT2D eigenvalue weighted by atomic mass is 32.1. The van der Waals surface area contributed by atoms with Crippen LogP contribution in [0.2, 0.25) is 0 Å². The van der Waals surface area contributed by atoms with Crippen molar-refractivity contribution >= 4 is 34.0 Å². The maximum absolute atomic E-state index is 4.70. The van der Waals surface area contributed by atoms with Crippen LogP contribution in [0.1, 0.15) is 153 Å². The SMILES string of the molecule is CCCCCCCCCCCCc1ccsc1-c1cc(CCCCCCCCCCCC)c(-c2nccs2)s1. The van der Waals surface area contributed by atoms with E-state index in [1.54, 1.807) is 16.9 Å². The first-order chi connectivity index (χ1) is 19.3. The van der Waals surface area contributed by atoms with E-state index in [2.05, 4.69) is 36.7 Å². The molecule has 3 aromatic heterocycles. The number of nitrogens with zero attached hydrogens (tertiary/aromatic N) is 1. The zero-order valence-corrected chi connectivity index (χ0v) is 27.6. The molecule has 0 bridgehead atoms. The van der Waals surface area contributed by atoms with Crippen molar-refractivity contribution in [2.45, 2.75) is 155 Å². The summed E-state index contributed by atoms with van der Waals surface area (Å²) in [7, 11) is 0. The lowest BCUT2D eigenvalue weighted by molar-refractivity contribution is 0.556.